The summed E-state index contributed by atoms with van der Waals surface area (Å²) < 4.78 is 35.5. The molecule has 4 rings (SSSR count). The number of rotatable bonds is 6. The summed E-state index contributed by atoms with van der Waals surface area (Å²) >= 11 is 1.72. The van der Waals surface area contributed by atoms with E-state index in [1.807, 2.05) is 12.1 Å². The van der Waals surface area contributed by atoms with Gasteiger partial charge in [0.2, 0.25) is 10.0 Å². The van der Waals surface area contributed by atoms with Crippen LogP contribution in [0.3, 0.4) is 0 Å². The van der Waals surface area contributed by atoms with E-state index in [-0.39, 0.29) is 0 Å². The molecule has 2 fully saturated rings. The second-order valence-corrected chi connectivity index (χ2v) is 12.0. The van der Waals surface area contributed by atoms with Gasteiger partial charge in [-0.2, -0.15) is 4.31 Å². The lowest BCUT2D eigenvalue weighted by Gasteiger charge is -2.26. The zero-order chi connectivity index (χ0) is 21.8. The van der Waals surface area contributed by atoms with E-state index in [9.17, 15) is 8.42 Å². The molecule has 1 aromatic carbocycles. The van der Waals surface area contributed by atoms with E-state index in [0.29, 0.717) is 42.5 Å². The van der Waals surface area contributed by atoms with Gasteiger partial charge in [-0.25, -0.2) is 8.42 Å². The maximum atomic E-state index is 13.2. The minimum atomic E-state index is -3.56. The lowest BCUT2D eigenvalue weighted by Crippen LogP contribution is -2.40. The predicted octanol–water partition coefficient (Wildman–Crippen LogP) is 4.36. The summed E-state index contributed by atoms with van der Waals surface area (Å²) in [5.41, 5.74) is 0.807. The summed E-state index contributed by atoms with van der Waals surface area (Å²) in [7, 11) is -3.56. The normalized spacial score (nSPS) is 19.6. The molecule has 1 saturated carbocycles. The third kappa shape index (κ3) is 5.16. The van der Waals surface area contributed by atoms with Gasteiger partial charge in [-0.05, 0) is 25.0 Å². The van der Waals surface area contributed by atoms with Crippen molar-refractivity contribution < 1.29 is 13.2 Å². The van der Waals surface area contributed by atoms with Crippen LogP contribution in [0.4, 0.5) is 0 Å². The molecule has 1 aromatic heterocycles. The SMILES string of the molecule is CC(C)Sc1nnc(-c2cccc(S(=O)(=O)N3CCOCC3)c2)n1C1CCCCCC1. The highest BCUT2D eigenvalue weighted by Gasteiger charge is 2.28. The molecule has 2 aromatic rings. The first-order chi connectivity index (χ1) is 15.0. The van der Waals surface area contributed by atoms with Crippen LogP contribution in [0.2, 0.25) is 0 Å². The number of thioether (sulfide) groups is 1. The average molecular weight is 465 g/mol. The Morgan fingerprint density at radius 1 is 1.06 bits per heavy atom. The first-order valence-electron chi connectivity index (χ1n) is 11.3. The van der Waals surface area contributed by atoms with Crippen molar-refractivity contribution in [2.45, 2.75) is 73.7 Å². The van der Waals surface area contributed by atoms with Crippen molar-refractivity contribution in [3.63, 3.8) is 0 Å². The van der Waals surface area contributed by atoms with E-state index in [4.69, 9.17) is 4.74 Å². The topological polar surface area (TPSA) is 77.3 Å². The number of hydrogen-bond acceptors (Lipinski definition) is 6. The summed E-state index contributed by atoms with van der Waals surface area (Å²) in [5, 5.41) is 10.4. The number of morpholine rings is 1. The molecule has 1 saturated heterocycles. The molecular weight excluding hydrogens is 432 g/mol. The predicted molar refractivity (Wildman–Crippen MR) is 123 cm³/mol. The van der Waals surface area contributed by atoms with E-state index < -0.39 is 10.0 Å². The molecule has 7 nitrogen and oxygen atoms in total. The van der Waals surface area contributed by atoms with Crippen LogP contribution in [0.1, 0.15) is 58.4 Å². The molecule has 0 amide bonds. The Balaban J connectivity index is 1.72. The van der Waals surface area contributed by atoms with Crippen LogP contribution in [0.15, 0.2) is 34.3 Å². The molecule has 0 bridgehead atoms. The van der Waals surface area contributed by atoms with Crippen LogP contribution in [0, 0.1) is 0 Å². The molecule has 2 aliphatic rings. The van der Waals surface area contributed by atoms with E-state index in [0.717, 1.165) is 29.4 Å². The van der Waals surface area contributed by atoms with Gasteiger partial charge in [-0.3, -0.25) is 4.57 Å². The van der Waals surface area contributed by atoms with Crippen molar-refractivity contribution in [3.05, 3.63) is 24.3 Å². The van der Waals surface area contributed by atoms with Gasteiger partial charge >= 0.3 is 0 Å². The lowest BCUT2D eigenvalue weighted by atomic mass is 10.1. The molecule has 2 heterocycles. The van der Waals surface area contributed by atoms with Crippen LogP contribution < -0.4 is 0 Å². The van der Waals surface area contributed by atoms with Gasteiger partial charge in [0.1, 0.15) is 0 Å². The van der Waals surface area contributed by atoms with Crippen LogP contribution in [0.5, 0.6) is 0 Å². The lowest BCUT2D eigenvalue weighted by molar-refractivity contribution is 0.0730. The van der Waals surface area contributed by atoms with Crippen molar-refractivity contribution in [1.29, 1.82) is 0 Å². The number of aromatic nitrogens is 3. The molecule has 0 unspecified atom stereocenters. The number of sulfonamides is 1. The smallest absolute Gasteiger partial charge is 0.243 e. The third-order valence-corrected chi connectivity index (χ3v) is 8.75. The second-order valence-electron chi connectivity index (χ2n) is 8.53. The summed E-state index contributed by atoms with van der Waals surface area (Å²) in [4.78, 5) is 0.306. The zero-order valence-electron chi connectivity index (χ0n) is 18.4. The van der Waals surface area contributed by atoms with Gasteiger partial charge in [0.05, 0.1) is 18.1 Å². The average Bonchev–Trinajstić information content (AvgIpc) is 2.99. The van der Waals surface area contributed by atoms with Gasteiger partial charge in [0.25, 0.3) is 0 Å². The van der Waals surface area contributed by atoms with Gasteiger partial charge in [-0.1, -0.05) is 63.4 Å². The standard InChI is InChI=1S/C22H32N4O3S2/c1-17(2)30-22-24-23-21(26(22)19-9-5-3-4-6-10-19)18-8-7-11-20(16-18)31(27,28)25-12-14-29-15-13-25/h7-8,11,16-17,19H,3-6,9-10,12-15H2,1-2H3. The van der Waals surface area contributed by atoms with E-state index in [1.54, 1.807) is 23.9 Å². The quantitative estimate of drug-likeness (QED) is 0.467. The molecule has 1 aliphatic heterocycles. The van der Waals surface area contributed by atoms with Crippen LogP contribution in [0.25, 0.3) is 11.4 Å². The minimum Gasteiger partial charge on any atom is -0.379 e. The van der Waals surface area contributed by atoms with E-state index in [2.05, 4.69) is 28.6 Å². The molecule has 0 atom stereocenters. The van der Waals surface area contributed by atoms with Gasteiger partial charge < -0.3 is 4.74 Å². The molecule has 9 heteroatoms. The molecule has 1 aliphatic carbocycles. The number of benzene rings is 1. The van der Waals surface area contributed by atoms with Crippen molar-refractivity contribution in [1.82, 2.24) is 19.1 Å². The molecule has 0 radical (unpaired) electrons. The molecule has 170 valence electrons. The molecule has 0 N–H and O–H groups in total. The van der Waals surface area contributed by atoms with Crippen LogP contribution >= 0.6 is 11.8 Å². The van der Waals surface area contributed by atoms with Crippen molar-refractivity contribution in [2.24, 2.45) is 0 Å². The molecular formula is C22H32N4O3S2. The van der Waals surface area contributed by atoms with Crippen LogP contribution in [-0.2, 0) is 14.8 Å². The fraction of sp³-hybridized carbons (Fsp3) is 0.636. The Morgan fingerprint density at radius 2 is 1.77 bits per heavy atom. The summed E-state index contributed by atoms with van der Waals surface area (Å²) in [5.74, 6) is 0.772. The minimum absolute atomic E-state index is 0.306. The Kier molecular flexibility index (Phi) is 7.36. The highest BCUT2D eigenvalue weighted by Crippen LogP contribution is 2.36. The largest absolute Gasteiger partial charge is 0.379 e. The number of hydrogen-bond donors (Lipinski definition) is 0. The zero-order valence-corrected chi connectivity index (χ0v) is 20.0. The highest BCUT2D eigenvalue weighted by molar-refractivity contribution is 7.99. The fourth-order valence-electron chi connectivity index (χ4n) is 4.34. The first-order valence-corrected chi connectivity index (χ1v) is 13.6. The monoisotopic (exact) mass is 464 g/mol. The first kappa shape index (κ1) is 22.8. The summed E-state index contributed by atoms with van der Waals surface area (Å²) in [6, 6.07) is 7.54. The van der Waals surface area contributed by atoms with Crippen molar-refractivity contribution >= 4 is 21.8 Å². The fourth-order valence-corrected chi connectivity index (χ4v) is 6.65. The number of ether oxygens (including phenoxy) is 1. The highest BCUT2D eigenvalue weighted by atomic mass is 32.2. The Labute approximate surface area is 189 Å². The number of nitrogens with zero attached hydrogens (tertiary/aromatic N) is 4. The van der Waals surface area contributed by atoms with E-state index in [1.165, 1.54) is 30.0 Å². The Bertz CT molecular complexity index is 976. The summed E-state index contributed by atoms with van der Waals surface area (Å²) in [6.45, 7) is 5.97. The maximum Gasteiger partial charge on any atom is 0.243 e. The third-order valence-electron chi connectivity index (χ3n) is 5.90. The van der Waals surface area contributed by atoms with Crippen LogP contribution in [-0.4, -0.2) is 59.0 Å². The second kappa shape index (κ2) is 10.0. The van der Waals surface area contributed by atoms with Gasteiger partial charge in [0, 0.05) is 29.9 Å². The van der Waals surface area contributed by atoms with Crippen molar-refractivity contribution in [3.8, 4) is 11.4 Å². The summed E-state index contributed by atoms with van der Waals surface area (Å²) in [6.07, 6.45) is 7.19. The van der Waals surface area contributed by atoms with Crippen molar-refractivity contribution in [2.75, 3.05) is 26.3 Å². The molecule has 31 heavy (non-hydrogen) atoms. The van der Waals surface area contributed by atoms with Gasteiger partial charge in [-0.15, -0.1) is 10.2 Å². The van der Waals surface area contributed by atoms with Gasteiger partial charge in [0.15, 0.2) is 11.0 Å². The Hall–Kier alpha value is -1.42. The Morgan fingerprint density at radius 3 is 2.45 bits per heavy atom. The maximum absolute atomic E-state index is 13.2. The van der Waals surface area contributed by atoms with E-state index >= 15 is 0 Å². The molecule has 0 spiro atoms.